The first-order valence-electron chi connectivity index (χ1n) is 9.01. The quantitative estimate of drug-likeness (QED) is 0.476. The van der Waals surface area contributed by atoms with Gasteiger partial charge >= 0.3 is 5.97 Å². The van der Waals surface area contributed by atoms with Crippen LogP contribution in [0.15, 0.2) is 54.7 Å². The third-order valence-corrected chi connectivity index (χ3v) is 3.98. The largest absolute Gasteiger partial charge is 0.466 e. The molecule has 0 atom stereocenters. The fraction of sp³-hybridized carbons (Fsp3) is 0.333. The maximum atomic E-state index is 12.6. The molecule has 0 aliphatic rings. The SMILES string of the molecule is CCOC(=O)CCN(Cc1ccccn1)C(=O)CCC(=O)c1ccccc1. The molecule has 1 amide bonds. The number of esters is 1. The van der Waals surface area contributed by atoms with Crippen molar-refractivity contribution in [1.29, 1.82) is 0 Å². The molecule has 0 aliphatic carbocycles. The lowest BCUT2D eigenvalue weighted by Gasteiger charge is -2.22. The highest BCUT2D eigenvalue weighted by Crippen LogP contribution is 2.10. The highest BCUT2D eigenvalue weighted by molar-refractivity contribution is 5.97. The predicted octanol–water partition coefficient (Wildman–Crippen LogP) is 3.03. The molecule has 6 nitrogen and oxygen atoms in total. The van der Waals surface area contributed by atoms with E-state index in [1.165, 1.54) is 0 Å². The normalized spacial score (nSPS) is 10.3. The minimum atomic E-state index is -0.350. The summed E-state index contributed by atoms with van der Waals surface area (Å²) in [5.41, 5.74) is 1.32. The molecule has 0 unspecified atom stereocenters. The van der Waals surface area contributed by atoms with Gasteiger partial charge in [-0.1, -0.05) is 36.4 Å². The molecule has 0 N–H and O–H groups in total. The molecule has 0 radical (unpaired) electrons. The predicted molar refractivity (Wildman–Crippen MR) is 101 cm³/mol. The van der Waals surface area contributed by atoms with Gasteiger partial charge in [-0.2, -0.15) is 0 Å². The number of aromatic nitrogens is 1. The van der Waals surface area contributed by atoms with Crippen LogP contribution >= 0.6 is 0 Å². The van der Waals surface area contributed by atoms with Crippen LogP contribution in [0.4, 0.5) is 0 Å². The summed E-state index contributed by atoms with van der Waals surface area (Å²) in [7, 11) is 0. The lowest BCUT2D eigenvalue weighted by atomic mass is 10.1. The van der Waals surface area contributed by atoms with Crippen molar-refractivity contribution in [3.05, 3.63) is 66.0 Å². The number of hydrogen-bond acceptors (Lipinski definition) is 5. The van der Waals surface area contributed by atoms with Crippen molar-refractivity contribution >= 4 is 17.7 Å². The van der Waals surface area contributed by atoms with Crippen molar-refractivity contribution in [2.75, 3.05) is 13.2 Å². The molecule has 0 spiro atoms. The van der Waals surface area contributed by atoms with Crippen molar-refractivity contribution in [3.8, 4) is 0 Å². The number of carbonyl (C=O) groups is 3. The molecule has 0 saturated heterocycles. The van der Waals surface area contributed by atoms with E-state index in [-0.39, 0.29) is 43.5 Å². The Morgan fingerprint density at radius 2 is 1.70 bits per heavy atom. The molecule has 1 aromatic carbocycles. The van der Waals surface area contributed by atoms with Crippen molar-refractivity contribution in [2.24, 2.45) is 0 Å². The van der Waals surface area contributed by atoms with Crippen LogP contribution in [0, 0.1) is 0 Å². The lowest BCUT2D eigenvalue weighted by Crippen LogP contribution is -2.33. The minimum absolute atomic E-state index is 0.0767. The van der Waals surface area contributed by atoms with Gasteiger partial charge in [0.15, 0.2) is 5.78 Å². The van der Waals surface area contributed by atoms with Crippen molar-refractivity contribution in [1.82, 2.24) is 9.88 Å². The molecule has 142 valence electrons. The van der Waals surface area contributed by atoms with E-state index < -0.39 is 0 Å². The van der Waals surface area contributed by atoms with Crippen LogP contribution in [0.1, 0.15) is 42.2 Å². The summed E-state index contributed by atoms with van der Waals surface area (Å²) in [6.45, 7) is 2.56. The highest BCUT2D eigenvalue weighted by atomic mass is 16.5. The Hall–Kier alpha value is -3.02. The van der Waals surface area contributed by atoms with Crippen molar-refractivity contribution in [2.45, 2.75) is 32.7 Å². The van der Waals surface area contributed by atoms with Gasteiger partial charge in [-0.25, -0.2) is 0 Å². The van der Waals surface area contributed by atoms with E-state index in [1.807, 2.05) is 18.2 Å². The number of hydrogen-bond donors (Lipinski definition) is 0. The number of amides is 1. The Morgan fingerprint density at radius 1 is 0.963 bits per heavy atom. The maximum Gasteiger partial charge on any atom is 0.307 e. The second kappa shape index (κ2) is 10.9. The zero-order valence-corrected chi connectivity index (χ0v) is 15.5. The third-order valence-electron chi connectivity index (χ3n) is 3.98. The number of ketones is 1. The Labute approximate surface area is 159 Å². The van der Waals surface area contributed by atoms with Gasteiger partial charge < -0.3 is 9.64 Å². The number of pyridine rings is 1. The Balaban J connectivity index is 1.96. The molecule has 2 rings (SSSR count). The van der Waals surface area contributed by atoms with Crippen LogP contribution in [0.5, 0.6) is 0 Å². The van der Waals surface area contributed by atoms with Crippen LogP contribution in [-0.2, 0) is 20.9 Å². The maximum absolute atomic E-state index is 12.6. The van der Waals surface area contributed by atoms with E-state index in [0.29, 0.717) is 18.7 Å². The summed E-state index contributed by atoms with van der Waals surface area (Å²) in [5, 5.41) is 0. The van der Waals surface area contributed by atoms with Gasteiger partial charge in [0, 0.05) is 31.1 Å². The van der Waals surface area contributed by atoms with Gasteiger partial charge in [-0.3, -0.25) is 19.4 Å². The van der Waals surface area contributed by atoms with Gasteiger partial charge in [-0.15, -0.1) is 0 Å². The van der Waals surface area contributed by atoms with E-state index in [1.54, 1.807) is 48.4 Å². The zero-order chi connectivity index (χ0) is 19.5. The van der Waals surface area contributed by atoms with Gasteiger partial charge in [0.1, 0.15) is 0 Å². The lowest BCUT2D eigenvalue weighted by molar-refractivity contribution is -0.144. The number of ether oxygens (including phenoxy) is 1. The highest BCUT2D eigenvalue weighted by Gasteiger charge is 2.18. The summed E-state index contributed by atoms with van der Waals surface area (Å²) < 4.78 is 4.93. The van der Waals surface area contributed by atoms with Crippen LogP contribution in [0.3, 0.4) is 0 Å². The molecule has 0 fully saturated rings. The molecule has 0 bridgehead atoms. The molecule has 1 aromatic heterocycles. The first-order valence-corrected chi connectivity index (χ1v) is 9.01. The minimum Gasteiger partial charge on any atom is -0.466 e. The molecule has 6 heteroatoms. The van der Waals surface area contributed by atoms with Crippen LogP contribution < -0.4 is 0 Å². The van der Waals surface area contributed by atoms with Gasteiger partial charge in [0.05, 0.1) is 25.3 Å². The van der Waals surface area contributed by atoms with Gasteiger partial charge in [-0.05, 0) is 19.1 Å². The number of Topliss-reactive ketones (excluding diaryl/α,β-unsaturated/α-hetero) is 1. The number of nitrogens with zero attached hydrogens (tertiary/aromatic N) is 2. The fourth-order valence-corrected chi connectivity index (χ4v) is 2.59. The number of rotatable bonds is 10. The Kier molecular flexibility index (Phi) is 8.16. The first kappa shape index (κ1) is 20.3. The molecular formula is C21H24N2O4. The van der Waals surface area contributed by atoms with E-state index in [0.717, 1.165) is 5.69 Å². The van der Waals surface area contributed by atoms with Crippen LogP contribution in [0.25, 0.3) is 0 Å². The van der Waals surface area contributed by atoms with Gasteiger partial charge in [0.2, 0.25) is 5.91 Å². The van der Waals surface area contributed by atoms with Crippen molar-refractivity contribution in [3.63, 3.8) is 0 Å². The standard InChI is InChI=1S/C21H24N2O4/c1-2-27-21(26)13-15-23(16-18-10-6-7-14-22-18)20(25)12-11-19(24)17-8-4-3-5-9-17/h3-10,14H,2,11-13,15-16H2,1H3. The monoisotopic (exact) mass is 368 g/mol. The molecule has 2 aromatic rings. The Bertz CT molecular complexity index is 747. The first-order chi connectivity index (χ1) is 13.1. The topological polar surface area (TPSA) is 76.6 Å². The molecule has 1 heterocycles. The molecule has 0 saturated carbocycles. The smallest absolute Gasteiger partial charge is 0.307 e. The molecule has 0 aliphatic heterocycles. The van der Waals surface area contributed by atoms with Gasteiger partial charge in [0.25, 0.3) is 0 Å². The summed E-state index contributed by atoms with van der Waals surface area (Å²) in [4.78, 5) is 42.3. The average molecular weight is 368 g/mol. The van der Waals surface area contributed by atoms with Crippen LogP contribution in [0.2, 0.25) is 0 Å². The summed E-state index contributed by atoms with van der Waals surface area (Å²) in [6, 6.07) is 14.4. The zero-order valence-electron chi connectivity index (χ0n) is 15.5. The van der Waals surface area contributed by atoms with E-state index in [2.05, 4.69) is 4.98 Å². The van der Waals surface area contributed by atoms with Crippen LogP contribution in [-0.4, -0.2) is 40.7 Å². The number of benzene rings is 1. The van der Waals surface area contributed by atoms with E-state index in [4.69, 9.17) is 4.74 Å². The van der Waals surface area contributed by atoms with E-state index >= 15 is 0 Å². The number of carbonyl (C=O) groups excluding carboxylic acids is 3. The fourth-order valence-electron chi connectivity index (χ4n) is 2.59. The van der Waals surface area contributed by atoms with Crippen molar-refractivity contribution < 1.29 is 19.1 Å². The Morgan fingerprint density at radius 3 is 2.37 bits per heavy atom. The van der Waals surface area contributed by atoms with E-state index in [9.17, 15) is 14.4 Å². The summed E-state index contributed by atoms with van der Waals surface area (Å²) in [5.74, 6) is -0.613. The molecule has 27 heavy (non-hydrogen) atoms. The second-order valence-corrected chi connectivity index (χ2v) is 5.98. The molecular weight excluding hydrogens is 344 g/mol. The average Bonchev–Trinajstić information content (AvgIpc) is 2.70. The summed E-state index contributed by atoms with van der Waals surface area (Å²) in [6.07, 6.45) is 1.98. The summed E-state index contributed by atoms with van der Waals surface area (Å²) >= 11 is 0. The third kappa shape index (κ3) is 7.01. The second-order valence-electron chi connectivity index (χ2n) is 5.98.